The molecule has 20 heavy (non-hydrogen) atoms. The van der Waals surface area contributed by atoms with E-state index < -0.39 is 4.92 Å². The van der Waals surface area contributed by atoms with E-state index in [2.05, 4.69) is 10.3 Å². The first-order valence-corrected chi connectivity index (χ1v) is 6.53. The quantitative estimate of drug-likeness (QED) is 0.676. The molecular weight excluding hydrogens is 278 g/mol. The molecule has 1 aromatic carbocycles. The van der Waals surface area contributed by atoms with Crippen molar-refractivity contribution in [2.45, 2.75) is 19.5 Å². The lowest BCUT2D eigenvalue weighted by molar-refractivity contribution is -0.385. The van der Waals surface area contributed by atoms with Crippen LogP contribution >= 0.6 is 11.6 Å². The van der Waals surface area contributed by atoms with Crippen LogP contribution in [0.5, 0.6) is 0 Å². The Bertz CT molecular complexity index is 605. The molecule has 0 unspecified atom stereocenters. The van der Waals surface area contributed by atoms with Gasteiger partial charge in [-0.1, -0.05) is 23.7 Å². The van der Waals surface area contributed by atoms with Crippen LogP contribution in [0.15, 0.2) is 42.6 Å². The maximum atomic E-state index is 11.0. The van der Waals surface area contributed by atoms with Crippen molar-refractivity contribution in [2.75, 3.05) is 0 Å². The molecule has 1 atom stereocenters. The summed E-state index contributed by atoms with van der Waals surface area (Å²) in [7, 11) is 0. The molecule has 0 bridgehead atoms. The van der Waals surface area contributed by atoms with Crippen LogP contribution in [0.4, 0.5) is 5.69 Å². The Kier molecular flexibility index (Phi) is 4.65. The first-order valence-electron chi connectivity index (χ1n) is 6.15. The minimum absolute atomic E-state index is 0.0212. The topological polar surface area (TPSA) is 68.1 Å². The maximum absolute atomic E-state index is 11.0. The van der Waals surface area contributed by atoms with E-state index in [1.165, 1.54) is 6.07 Å². The Hall–Kier alpha value is -1.98. The highest BCUT2D eigenvalue weighted by molar-refractivity contribution is 6.31. The van der Waals surface area contributed by atoms with Gasteiger partial charge in [-0.05, 0) is 25.1 Å². The molecule has 0 aliphatic carbocycles. The molecule has 1 aromatic heterocycles. The zero-order valence-electron chi connectivity index (χ0n) is 10.9. The normalized spacial score (nSPS) is 12.1. The van der Waals surface area contributed by atoms with Gasteiger partial charge in [0.1, 0.15) is 0 Å². The minimum atomic E-state index is -0.422. The standard InChI is InChI=1S/C14H14ClN3O2/c1-10(13-6-2-3-8-16-13)17-9-11-12(15)5-4-7-14(11)18(19)20/h2-8,10,17H,9H2,1H3/t10-/m1/s1. The molecule has 5 nitrogen and oxygen atoms in total. The van der Waals surface area contributed by atoms with Crippen LogP contribution in [0.25, 0.3) is 0 Å². The van der Waals surface area contributed by atoms with Gasteiger partial charge in [0.2, 0.25) is 0 Å². The van der Waals surface area contributed by atoms with Gasteiger partial charge in [-0.3, -0.25) is 15.1 Å². The number of pyridine rings is 1. The smallest absolute Gasteiger partial charge is 0.275 e. The van der Waals surface area contributed by atoms with Crippen LogP contribution < -0.4 is 5.32 Å². The predicted octanol–water partition coefficient (Wildman–Crippen LogP) is 3.49. The Labute approximate surface area is 121 Å². The summed E-state index contributed by atoms with van der Waals surface area (Å²) in [5.41, 5.74) is 1.39. The molecule has 2 aromatic rings. The van der Waals surface area contributed by atoms with Gasteiger partial charge in [0, 0.05) is 24.8 Å². The number of nitrogens with zero attached hydrogens (tertiary/aromatic N) is 2. The largest absolute Gasteiger partial charge is 0.304 e. The summed E-state index contributed by atoms with van der Waals surface area (Å²) in [6.07, 6.45) is 1.71. The van der Waals surface area contributed by atoms with E-state index in [0.717, 1.165) is 5.69 Å². The average molecular weight is 292 g/mol. The van der Waals surface area contributed by atoms with Crippen molar-refractivity contribution >= 4 is 17.3 Å². The molecule has 104 valence electrons. The number of halogens is 1. The number of aromatic nitrogens is 1. The third kappa shape index (κ3) is 3.31. The van der Waals surface area contributed by atoms with Crippen molar-refractivity contribution in [1.29, 1.82) is 0 Å². The van der Waals surface area contributed by atoms with Crippen LogP contribution in [-0.4, -0.2) is 9.91 Å². The van der Waals surface area contributed by atoms with E-state index in [1.807, 2.05) is 25.1 Å². The summed E-state index contributed by atoms with van der Waals surface area (Å²) in [6, 6.07) is 10.3. The fourth-order valence-electron chi connectivity index (χ4n) is 1.89. The van der Waals surface area contributed by atoms with Gasteiger partial charge < -0.3 is 5.32 Å². The van der Waals surface area contributed by atoms with Gasteiger partial charge in [-0.25, -0.2) is 0 Å². The molecule has 0 fully saturated rings. The van der Waals surface area contributed by atoms with Crippen molar-refractivity contribution in [3.05, 3.63) is 69.0 Å². The number of hydrogen-bond donors (Lipinski definition) is 1. The third-order valence-corrected chi connectivity index (χ3v) is 3.36. The SMILES string of the molecule is C[C@@H](NCc1c(Cl)cccc1[N+](=O)[O-])c1ccccn1. The molecule has 0 spiro atoms. The molecule has 0 aliphatic rings. The highest BCUT2D eigenvalue weighted by Crippen LogP contribution is 2.26. The molecule has 0 saturated heterocycles. The first kappa shape index (κ1) is 14.4. The summed E-state index contributed by atoms with van der Waals surface area (Å²) in [4.78, 5) is 14.8. The van der Waals surface area contributed by atoms with E-state index in [4.69, 9.17) is 11.6 Å². The van der Waals surface area contributed by atoms with Gasteiger partial charge in [0.15, 0.2) is 0 Å². The average Bonchev–Trinajstić information content (AvgIpc) is 2.46. The van der Waals surface area contributed by atoms with Crippen molar-refractivity contribution in [3.63, 3.8) is 0 Å². The molecule has 1 N–H and O–H groups in total. The van der Waals surface area contributed by atoms with E-state index in [1.54, 1.807) is 18.3 Å². The van der Waals surface area contributed by atoms with Crippen molar-refractivity contribution < 1.29 is 4.92 Å². The van der Waals surface area contributed by atoms with Gasteiger partial charge in [-0.15, -0.1) is 0 Å². The molecule has 2 rings (SSSR count). The second kappa shape index (κ2) is 6.45. The maximum Gasteiger partial charge on any atom is 0.275 e. The van der Waals surface area contributed by atoms with E-state index in [9.17, 15) is 10.1 Å². The molecule has 0 amide bonds. The molecule has 6 heteroatoms. The summed E-state index contributed by atoms with van der Waals surface area (Å²) in [6.45, 7) is 2.26. The molecule has 0 aliphatic heterocycles. The van der Waals surface area contributed by atoms with E-state index in [-0.39, 0.29) is 11.7 Å². The first-order chi connectivity index (χ1) is 9.59. The molecule has 0 radical (unpaired) electrons. The van der Waals surface area contributed by atoms with Crippen LogP contribution in [-0.2, 0) is 6.54 Å². The fraction of sp³-hybridized carbons (Fsp3) is 0.214. The Morgan fingerprint density at radius 3 is 2.80 bits per heavy atom. The second-order valence-corrected chi connectivity index (χ2v) is 4.76. The van der Waals surface area contributed by atoms with Gasteiger partial charge in [-0.2, -0.15) is 0 Å². The van der Waals surface area contributed by atoms with Crippen LogP contribution in [0, 0.1) is 10.1 Å². The zero-order valence-corrected chi connectivity index (χ0v) is 11.7. The molecule has 1 heterocycles. The summed E-state index contributed by atoms with van der Waals surface area (Å²) in [5.74, 6) is 0. The number of nitro groups is 1. The number of nitro benzene ring substituents is 1. The van der Waals surface area contributed by atoms with Crippen molar-refractivity contribution in [3.8, 4) is 0 Å². The van der Waals surface area contributed by atoms with E-state index in [0.29, 0.717) is 17.1 Å². The fourth-order valence-corrected chi connectivity index (χ4v) is 2.12. The zero-order chi connectivity index (χ0) is 14.5. The highest BCUT2D eigenvalue weighted by Gasteiger charge is 2.17. The van der Waals surface area contributed by atoms with E-state index >= 15 is 0 Å². The lowest BCUT2D eigenvalue weighted by atomic mass is 10.1. The Morgan fingerprint density at radius 2 is 2.15 bits per heavy atom. The van der Waals surface area contributed by atoms with Gasteiger partial charge in [0.25, 0.3) is 5.69 Å². The third-order valence-electron chi connectivity index (χ3n) is 3.01. The molecular formula is C14H14ClN3O2. The lowest BCUT2D eigenvalue weighted by Gasteiger charge is -2.14. The minimum Gasteiger partial charge on any atom is -0.304 e. The molecule has 0 saturated carbocycles. The number of rotatable bonds is 5. The highest BCUT2D eigenvalue weighted by atomic mass is 35.5. The van der Waals surface area contributed by atoms with Crippen molar-refractivity contribution in [2.24, 2.45) is 0 Å². The Morgan fingerprint density at radius 1 is 1.35 bits per heavy atom. The summed E-state index contributed by atoms with van der Waals surface area (Å²) < 4.78 is 0. The van der Waals surface area contributed by atoms with Crippen LogP contribution in [0.2, 0.25) is 5.02 Å². The van der Waals surface area contributed by atoms with Crippen LogP contribution in [0.1, 0.15) is 24.2 Å². The summed E-state index contributed by atoms with van der Waals surface area (Å²) in [5, 5.41) is 14.6. The van der Waals surface area contributed by atoms with Gasteiger partial charge in [0.05, 0.1) is 21.2 Å². The predicted molar refractivity (Wildman–Crippen MR) is 77.6 cm³/mol. The number of hydrogen-bond acceptors (Lipinski definition) is 4. The number of nitrogens with one attached hydrogen (secondary N) is 1. The lowest BCUT2D eigenvalue weighted by Crippen LogP contribution is -2.19. The van der Waals surface area contributed by atoms with Crippen LogP contribution in [0.3, 0.4) is 0 Å². The summed E-state index contributed by atoms with van der Waals surface area (Å²) >= 11 is 6.04. The van der Waals surface area contributed by atoms with Crippen molar-refractivity contribution in [1.82, 2.24) is 10.3 Å². The second-order valence-electron chi connectivity index (χ2n) is 4.35. The van der Waals surface area contributed by atoms with Gasteiger partial charge >= 0.3 is 0 Å². The Balaban J connectivity index is 2.13. The monoisotopic (exact) mass is 291 g/mol. The number of benzene rings is 1.